The molecular weight excluding hydrogens is 1010 g/mol. The van der Waals surface area contributed by atoms with Crippen LogP contribution in [0, 0.1) is 0 Å². The molecule has 2 atom stereocenters. The van der Waals surface area contributed by atoms with E-state index in [-0.39, 0.29) is 18.5 Å². The number of carbonyl (C=O) groups is 2. The van der Waals surface area contributed by atoms with Gasteiger partial charge in [0.2, 0.25) is 5.91 Å². The normalized spacial score (nSPS) is 12.7. The first kappa shape index (κ1) is 80.1. The molecule has 0 radical (unpaired) electrons. The summed E-state index contributed by atoms with van der Waals surface area (Å²) < 4.78 is 5.50. The summed E-state index contributed by atoms with van der Waals surface area (Å²) in [5, 5.41) is 23.3. The molecular formula is C76H145NO5. The van der Waals surface area contributed by atoms with Gasteiger partial charge in [-0.25, -0.2) is 0 Å². The van der Waals surface area contributed by atoms with Gasteiger partial charge >= 0.3 is 5.97 Å². The van der Waals surface area contributed by atoms with Crippen LogP contribution in [-0.2, 0) is 14.3 Å². The molecule has 0 saturated heterocycles. The number of hydrogen-bond acceptors (Lipinski definition) is 5. The number of ether oxygens (including phenoxy) is 1. The number of amides is 1. The minimum absolute atomic E-state index is 0.0118. The lowest BCUT2D eigenvalue weighted by Gasteiger charge is -2.22. The Morgan fingerprint density at radius 2 is 0.610 bits per heavy atom. The van der Waals surface area contributed by atoms with Gasteiger partial charge < -0.3 is 20.3 Å². The largest absolute Gasteiger partial charge is 0.466 e. The third-order valence-electron chi connectivity index (χ3n) is 17.4. The van der Waals surface area contributed by atoms with Crippen molar-refractivity contribution in [2.45, 2.75) is 424 Å². The second-order valence-electron chi connectivity index (χ2n) is 25.6. The molecule has 0 heterocycles. The van der Waals surface area contributed by atoms with Gasteiger partial charge in [-0.1, -0.05) is 352 Å². The van der Waals surface area contributed by atoms with Gasteiger partial charge in [0.15, 0.2) is 0 Å². The first-order chi connectivity index (χ1) is 40.5. The fourth-order valence-corrected chi connectivity index (χ4v) is 11.7. The summed E-state index contributed by atoms with van der Waals surface area (Å²) in [6.45, 7) is 4.98. The highest BCUT2D eigenvalue weighted by molar-refractivity contribution is 5.76. The topological polar surface area (TPSA) is 95.9 Å². The summed E-state index contributed by atoms with van der Waals surface area (Å²) >= 11 is 0. The molecule has 0 fully saturated rings. The Kier molecular flexibility index (Phi) is 69.9. The Labute approximate surface area is 513 Å². The molecule has 0 rings (SSSR count). The van der Waals surface area contributed by atoms with Gasteiger partial charge in [0.05, 0.1) is 25.4 Å². The number of hydrogen-bond donors (Lipinski definition) is 3. The maximum Gasteiger partial charge on any atom is 0.305 e. The number of allylic oxidation sites excluding steroid dienone is 6. The summed E-state index contributed by atoms with van der Waals surface area (Å²) in [6.07, 6.45) is 92.1. The van der Waals surface area contributed by atoms with E-state index >= 15 is 0 Å². The van der Waals surface area contributed by atoms with Gasteiger partial charge in [0.25, 0.3) is 0 Å². The molecule has 2 unspecified atom stereocenters. The van der Waals surface area contributed by atoms with Gasteiger partial charge in [0, 0.05) is 12.8 Å². The van der Waals surface area contributed by atoms with Crippen molar-refractivity contribution in [3.63, 3.8) is 0 Å². The summed E-state index contributed by atoms with van der Waals surface area (Å²) in [7, 11) is 0. The number of aliphatic hydroxyl groups is 2. The van der Waals surface area contributed by atoms with Crippen molar-refractivity contribution in [3.05, 3.63) is 36.5 Å². The first-order valence-electron chi connectivity index (χ1n) is 37.2. The van der Waals surface area contributed by atoms with E-state index in [0.717, 1.165) is 51.4 Å². The maximum absolute atomic E-state index is 12.5. The number of aliphatic hydroxyl groups excluding tert-OH is 2. The van der Waals surface area contributed by atoms with Crippen LogP contribution in [-0.4, -0.2) is 47.4 Å². The Balaban J connectivity index is 3.36. The van der Waals surface area contributed by atoms with Crippen LogP contribution in [0.3, 0.4) is 0 Å². The standard InChI is InChI=1S/C76H145NO5/c1-3-5-7-9-11-13-15-17-19-20-39-42-46-50-54-58-62-66-70-76(81)82-71-67-63-59-55-51-47-43-40-37-35-33-31-29-27-25-23-21-22-24-26-28-30-32-34-36-38-41-45-49-53-57-61-65-69-75(80)77-73(72-78)74(79)68-64-60-56-52-48-44-18-16-14-12-10-8-6-4-2/h19-20,25,27,31,33,73-74,78-79H,3-18,21-24,26,28-30,32,34-72H2,1-2H3,(H,77,80)/b20-19-,27-25-,33-31-. The van der Waals surface area contributed by atoms with Gasteiger partial charge in [-0.15, -0.1) is 0 Å². The molecule has 3 N–H and O–H groups in total. The van der Waals surface area contributed by atoms with Crippen LogP contribution in [0.4, 0.5) is 0 Å². The number of rotatable bonds is 70. The van der Waals surface area contributed by atoms with Crippen LogP contribution in [0.25, 0.3) is 0 Å². The maximum atomic E-state index is 12.5. The monoisotopic (exact) mass is 1150 g/mol. The zero-order valence-electron chi connectivity index (χ0n) is 55.5. The molecule has 0 aromatic rings. The minimum Gasteiger partial charge on any atom is -0.466 e. The van der Waals surface area contributed by atoms with Crippen LogP contribution < -0.4 is 5.32 Å². The van der Waals surface area contributed by atoms with Crippen molar-refractivity contribution in [2.75, 3.05) is 13.2 Å². The summed E-state index contributed by atoms with van der Waals surface area (Å²) in [6, 6.07) is -0.540. The highest BCUT2D eigenvalue weighted by atomic mass is 16.5. The highest BCUT2D eigenvalue weighted by Gasteiger charge is 2.20. The molecule has 0 spiro atoms. The average Bonchev–Trinajstić information content (AvgIpc) is 3.48. The highest BCUT2D eigenvalue weighted by Crippen LogP contribution is 2.19. The predicted octanol–water partition coefficient (Wildman–Crippen LogP) is 24.3. The van der Waals surface area contributed by atoms with Gasteiger partial charge in [0.1, 0.15) is 0 Å². The average molecular weight is 1150 g/mol. The van der Waals surface area contributed by atoms with Gasteiger partial charge in [-0.2, -0.15) is 0 Å². The fourth-order valence-electron chi connectivity index (χ4n) is 11.7. The quantitative estimate of drug-likeness (QED) is 0.0320. The number of unbranched alkanes of at least 4 members (excludes halogenated alkanes) is 53. The van der Waals surface area contributed by atoms with E-state index in [1.54, 1.807) is 0 Å². The van der Waals surface area contributed by atoms with Crippen molar-refractivity contribution in [3.8, 4) is 0 Å². The minimum atomic E-state index is -0.663. The van der Waals surface area contributed by atoms with Crippen molar-refractivity contribution in [1.82, 2.24) is 5.32 Å². The lowest BCUT2D eigenvalue weighted by atomic mass is 10.0. The molecule has 1 amide bonds. The summed E-state index contributed by atoms with van der Waals surface area (Å²) in [5.41, 5.74) is 0. The molecule has 6 nitrogen and oxygen atoms in total. The Morgan fingerprint density at radius 3 is 0.939 bits per heavy atom. The van der Waals surface area contributed by atoms with E-state index in [1.807, 2.05) is 0 Å². The second kappa shape index (κ2) is 71.6. The Bertz CT molecular complexity index is 1330. The van der Waals surface area contributed by atoms with Crippen molar-refractivity contribution < 1.29 is 24.5 Å². The predicted molar refractivity (Wildman–Crippen MR) is 361 cm³/mol. The molecule has 0 saturated carbocycles. The molecule has 82 heavy (non-hydrogen) atoms. The SMILES string of the molecule is CCCCCCCCC/C=C\CCCCCCCCCC(=O)OCCCCCCCCCCC/C=C\C/C=C\CCCCCCCCCCCCCCCCCCCC(=O)NC(CO)C(O)CCCCCCCCCCCCCCCC. The fraction of sp³-hybridized carbons (Fsp3) is 0.895. The van der Waals surface area contributed by atoms with Crippen LogP contribution >= 0.6 is 0 Å². The molecule has 484 valence electrons. The third kappa shape index (κ3) is 67.2. The number of nitrogens with one attached hydrogen (secondary N) is 1. The van der Waals surface area contributed by atoms with Crippen LogP contribution in [0.1, 0.15) is 412 Å². The summed E-state index contributed by atoms with van der Waals surface area (Å²) in [4.78, 5) is 24.6. The van der Waals surface area contributed by atoms with Crippen LogP contribution in [0.15, 0.2) is 36.5 Å². The number of esters is 1. The zero-order valence-corrected chi connectivity index (χ0v) is 55.5. The van der Waals surface area contributed by atoms with Crippen LogP contribution in [0.2, 0.25) is 0 Å². The zero-order chi connectivity index (χ0) is 59.2. The first-order valence-corrected chi connectivity index (χ1v) is 37.2. The number of carbonyl (C=O) groups excluding carboxylic acids is 2. The van der Waals surface area contributed by atoms with Crippen LogP contribution in [0.5, 0.6) is 0 Å². The smallest absolute Gasteiger partial charge is 0.305 e. The van der Waals surface area contributed by atoms with Crippen molar-refractivity contribution in [2.24, 2.45) is 0 Å². The lowest BCUT2D eigenvalue weighted by molar-refractivity contribution is -0.143. The van der Waals surface area contributed by atoms with E-state index in [9.17, 15) is 19.8 Å². The Hall–Kier alpha value is -1.92. The van der Waals surface area contributed by atoms with Gasteiger partial charge in [-0.05, 0) is 83.5 Å². The molecule has 0 aliphatic carbocycles. The van der Waals surface area contributed by atoms with E-state index < -0.39 is 12.1 Å². The molecule has 0 aliphatic rings. The molecule has 0 aromatic carbocycles. The molecule has 0 bridgehead atoms. The van der Waals surface area contributed by atoms with Crippen molar-refractivity contribution >= 4 is 11.9 Å². The summed E-state index contributed by atoms with van der Waals surface area (Å²) in [5.74, 6) is -0.0189. The lowest BCUT2D eigenvalue weighted by Crippen LogP contribution is -2.45. The van der Waals surface area contributed by atoms with E-state index in [1.165, 1.54) is 327 Å². The molecule has 0 aliphatic heterocycles. The van der Waals surface area contributed by atoms with Crippen molar-refractivity contribution in [1.29, 1.82) is 0 Å². The molecule has 0 aromatic heterocycles. The molecule has 6 heteroatoms. The van der Waals surface area contributed by atoms with E-state index in [4.69, 9.17) is 4.74 Å². The van der Waals surface area contributed by atoms with E-state index in [2.05, 4.69) is 55.6 Å². The van der Waals surface area contributed by atoms with E-state index in [0.29, 0.717) is 25.9 Å². The Morgan fingerprint density at radius 1 is 0.341 bits per heavy atom. The van der Waals surface area contributed by atoms with Gasteiger partial charge in [-0.3, -0.25) is 9.59 Å². The second-order valence-corrected chi connectivity index (χ2v) is 25.6. The third-order valence-corrected chi connectivity index (χ3v) is 17.4.